The van der Waals surface area contributed by atoms with E-state index in [0.717, 1.165) is 32.7 Å². The molecular formula is C42H26O. The van der Waals surface area contributed by atoms with Gasteiger partial charge in [0.05, 0.1) is 11.0 Å². The first kappa shape index (κ1) is 17.3. The van der Waals surface area contributed by atoms with Gasteiger partial charge in [-0.15, -0.1) is 0 Å². The van der Waals surface area contributed by atoms with Crippen LogP contribution in [0.3, 0.4) is 0 Å². The fourth-order valence-corrected chi connectivity index (χ4v) is 6.33. The van der Waals surface area contributed by atoms with E-state index < -0.39 is 24.2 Å². The second-order valence-electron chi connectivity index (χ2n) is 10.7. The van der Waals surface area contributed by atoms with Crippen LogP contribution < -0.4 is 0 Å². The number of hydrogen-bond donors (Lipinski definition) is 0. The Morgan fingerprint density at radius 1 is 0.395 bits per heavy atom. The molecule has 0 aliphatic carbocycles. The molecule has 0 N–H and O–H groups in total. The summed E-state index contributed by atoms with van der Waals surface area (Å²) in [5.41, 5.74) is 5.21. The summed E-state index contributed by atoms with van der Waals surface area (Å²) < 4.78 is 77.9. The maximum atomic E-state index is 9.21. The monoisotopic (exact) mass is 554 g/mol. The Balaban J connectivity index is 1.44. The summed E-state index contributed by atoms with van der Waals surface area (Å²) in [6.07, 6.45) is 0. The minimum absolute atomic E-state index is 0.183. The lowest BCUT2D eigenvalue weighted by Gasteiger charge is -2.17. The molecule has 9 rings (SSSR count). The number of furan rings is 1. The standard InChI is InChI=1S/C42H26O/c1-3-11-27(12-4-1)30-20-19-28-21-23-36-38-26-31(22-24-39(38)43-42(36)37(28)25-30)41-34-17-9-7-15-32(34)40(29-13-5-2-6-14-29)33-16-8-10-18-35(33)41/h1-26H/i7D,8D,9D,10D,15D,16D,17D,18D. The van der Waals surface area contributed by atoms with Gasteiger partial charge >= 0.3 is 0 Å². The van der Waals surface area contributed by atoms with Gasteiger partial charge in [0.25, 0.3) is 0 Å². The van der Waals surface area contributed by atoms with Crippen molar-refractivity contribution in [3.63, 3.8) is 0 Å². The summed E-state index contributed by atoms with van der Waals surface area (Å²) in [5.74, 6) is 0. The molecule has 0 fully saturated rings. The first-order valence-electron chi connectivity index (χ1n) is 18.1. The lowest BCUT2D eigenvalue weighted by Crippen LogP contribution is -1.90. The van der Waals surface area contributed by atoms with Crippen LogP contribution in [-0.4, -0.2) is 0 Å². The number of benzene rings is 8. The molecule has 0 radical (unpaired) electrons. The van der Waals surface area contributed by atoms with Crippen LogP contribution in [0.15, 0.2) is 162 Å². The van der Waals surface area contributed by atoms with Crippen molar-refractivity contribution in [1.29, 1.82) is 0 Å². The summed E-state index contributed by atoms with van der Waals surface area (Å²) in [5, 5.41) is 4.32. The Bertz CT molecular complexity index is 2850. The molecule has 1 heterocycles. The van der Waals surface area contributed by atoms with Crippen LogP contribution in [0.25, 0.3) is 87.6 Å². The molecule has 200 valence electrons. The third-order valence-corrected chi connectivity index (χ3v) is 8.29. The number of rotatable bonds is 3. The van der Waals surface area contributed by atoms with E-state index in [0.29, 0.717) is 33.4 Å². The topological polar surface area (TPSA) is 13.1 Å². The van der Waals surface area contributed by atoms with Crippen molar-refractivity contribution < 1.29 is 15.4 Å². The molecule has 43 heavy (non-hydrogen) atoms. The summed E-state index contributed by atoms with van der Waals surface area (Å²) in [6.45, 7) is 0. The quantitative estimate of drug-likeness (QED) is 0.198. The van der Waals surface area contributed by atoms with Crippen molar-refractivity contribution in [3.8, 4) is 33.4 Å². The minimum Gasteiger partial charge on any atom is -0.455 e. The first-order valence-corrected chi connectivity index (χ1v) is 14.1. The minimum atomic E-state index is -0.427. The van der Waals surface area contributed by atoms with Gasteiger partial charge in [-0.3, -0.25) is 0 Å². The Kier molecular flexibility index (Phi) is 3.80. The Labute approximate surface area is 260 Å². The number of fused-ring (bicyclic) bond motifs is 7. The zero-order chi connectivity index (χ0) is 35.3. The van der Waals surface area contributed by atoms with Crippen LogP contribution in [0.4, 0.5) is 0 Å². The highest BCUT2D eigenvalue weighted by atomic mass is 16.3. The van der Waals surface area contributed by atoms with E-state index in [2.05, 4.69) is 30.3 Å². The smallest absolute Gasteiger partial charge is 0.143 e. The SMILES string of the molecule is [2H]c1c([2H])c([2H])c2c(-c3ccc4oc5c6cc(-c7ccccc7)ccc6ccc5c4c3)c3c([2H])c([2H])c([2H])c([2H])c3c(-c3ccccc3)c2c1[2H]. The molecule has 9 aromatic rings. The van der Waals surface area contributed by atoms with Gasteiger partial charge in [0.15, 0.2) is 0 Å². The lowest BCUT2D eigenvalue weighted by molar-refractivity contribution is 0.673. The van der Waals surface area contributed by atoms with Crippen molar-refractivity contribution in [2.45, 2.75) is 0 Å². The number of hydrogen-bond acceptors (Lipinski definition) is 1. The van der Waals surface area contributed by atoms with Crippen LogP contribution in [0.1, 0.15) is 11.0 Å². The molecule has 0 aliphatic heterocycles. The highest BCUT2D eigenvalue weighted by Gasteiger charge is 2.18. The van der Waals surface area contributed by atoms with Crippen molar-refractivity contribution in [3.05, 3.63) is 158 Å². The van der Waals surface area contributed by atoms with E-state index >= 15 is 0 Å². The van der Waals surface area contributed by atoms with Crippen LogP contribution in [0.5, 0.6) is 0 Å². The van der Waals surface area contributed by atoms with Crippen molar-refractivity contribution in [2.75, 3.05) is 0 Å². The molecule has 0 bridgehead atoms. The molecule has 0 atom stereocenters. The molecule has 0 amide bonds. The Morgan fingerprint density at radius 3 is 1.58 bits per heavy atom. The normalized spacial score (nSPS) is 14.3. The highest BCUT2D eigenvalue weighted by Crippen LogP contribution is 2.45. The van der Waals surface area contributed by atoms with E-state index in [4.69, 9.17) is 12.6 Å². The van der Waals surface area contributed by atoms with Gasteiger partial charge in [0.1, 0.15) is 11.2 Å². The van der Waals surface area contributed by atoms with Gasteiger partial charge in [-0.1, -0.05) is 133 Å². The largest absolute Gasteiger partial charge is 0.455 e. The molecule has 1 nitrogen and oxygen atoms in total. The van der Waals surface area contributed by atoms with Crippen molar-refractivity contribution >= 4 is 54.3 Å². The first-order chi connectivity index (χ1) is 24.7. The lowest BCUT2D eigenvalue weighted by atomic mass is 9.86. The molecule has 8 aromatic carbocycles. The van der Waals surface area contributed by atoms with E-state index in [9.17, 15) is 2.74 Å². The summed E-state index contributed by atoms with van der Waals surface area (Å²) >= 11 is 0. The summed E-state index contributed by atoms with van der Waals surface area (Å²) in [4.78, 5) is 0. The highest BCUT2D eigenvalue weighted by molar-refractivity contribution is 6.22. The van der Waals surface area contributed by atoms with Crippen molar-refractivity contribution in [1.82, 2.24) is 0 Å². The molecule has 0 aliphatic rings. The maximum Gasteiger partial charge on any atom is 0.143 e. The van der Waals surface area contributed by atoms with Gasteiger partial charge < -0.3 is 4.42 Å². The average Bonchev–Trinajstić information content (AvgIpc) is 3.55. The van der Waals surface area contributed by atoms with Crippen molar-refractivity contribution in [2.24, 2.45) is 0 Å². The molecule has 0 spiro atoms. The van der Waals surface area contributed by atoms with Gasteiger partial charge in [-0.05, 0) is 84.6 Å². The van der Waals surface area contributed by atoms with Crippen LogP contribution >= 0.6 is 0 Å². The van der Waals surface area contributed by atoms with Crippen LogP contribution in [0.2, 0.25) is 0 Å². The van der Waals surface area contributed by atoms with Gasteiger partial charge in [0, 0.05) is 16.2 Å². The molecule has 0 saturated heterocycles. The van der Waals surface area contributed by atoms with E-state index in [-0.39, 0.29) is 45.7 Å². The fraction of sp³-hybridized carbons (Fsp3) is 0. The molecule has 1 heteroatoms. The third kappa shape index (κ3) is 3.72. The second kappa shape index (κ2) is 9.44. The molecular weight excluding hydrogens is 520 g/mol. The summed E-state index contributed by atoms with van der Waals surface area (Å²) in [6, 6.07) is 32.1. The zero-order valence-electron chi connectivity index (χ0n) is 30.8. The predicted molar refractivity (Wildman–Crippen MR) is 183 cm³/mol. The van der Waals surface area contributed by atoms with Gasteiger partial charge in [-0.2, -0.15) is 0 Å². The van der Waals surface area contributed by atoms with E-state index in [1.54, 1.807) is 30.3 Å². The summed E-state index contributed by atoms with van der Waals surface area (Å²) in [7, 11) is 0. The predicted octanol–water partition coefficient (Wildman–Crippen LogP) is 12.0. The zero-order valence-corrected chi connectivity index (χ0v) is 22.8. The Hall–Kier alpha value is -5.66. The Morgan fingerprint density at radius 2 is 0.930 bits per heavy atom. The van der Waals surface area contributed by atoms with E-state index in [1.807, 2.05) is 48.5 Å². The van der Waals surface area contributed by atoms with Gasteiger partial charge in [-0.25, -0.2) is 0 Å². The molecule has 0 unspecified atom stereocenters. The molecule has 1 aromatic heterocycles. The average molecular weight is 555 g/mol. The van der Waals surface area contributed by atoms with Gasteiger partial charge in [0.2, 0.25) is 0 Å². The van der Waals surface area contributed by atoms with Crippen LogP contribution in [0, 0.1) is 0 Å². The second-order valence-corrected chi connectivity index (χ2v) is 10.7. The maximum absolute atomic E-state index is 9.21. The molecule has 0 saturated carbocycles. The van der Waals surface area contributed by atoms with E-state index in [1.165, 1.54) is 0 Å². The fourth-order valence-electron chi connectivity index (χ4n) is 6.33. The third-order valence-electron chi connectivity index (χ3n) is 8.29. The van der Waals surface area contributed by atoms with Crippen LogP contribution in [-0.2, 0) is 0 Å².